The average Bonchev–Trinajstić information content (AvgIpc) is 2.69. The van der Waals surface area contributed by atoms with Crippen molar-refractivity contribution < 1.29 is 17.9 Å². The molecular formula is C20H14F3N5O2. The van der Waals surface area contributed by atoms with E-state index in [0.717, 1.165) is 6.07 Å². The summed E-state index contributed by atoms with van der Waals surface area (Å²) in [6, 6.07) is 14.3. The Labute approximate surface area is 168 Å². The highest BCUT2D eigenvalue weighted by Gasteiger charge is 2.31. The van der Waals surface area contributed by atoms with E-state index < -0.39 is 11.9 Å². The van der Waals surface area contributed by atoms with Crippen LogP contribution in [0.25, 0.3) is 11.3 Å². The minimum atomic E-state index is -4.77. The highest BCUT2D eigenvalue weighted by molar-refractivity contribution is 5.82. The molecule has 1 heterocycles. The summed E-state index contributed by atoms with van der Waals surface area (Å²) in [5, 5.41) is 13.2. The molecule has 152 valence electrons. The Morgan fingerprint density at radius 1 is 1.23 bits per heavy atom. The molecule has 0 fully saturated rings. The number of aryl methyl sites for hydroxylation is 1. The van der Waals surface area contributed by atoms with Gasteiger partial charge >= 0.3 is 6.36 Å². The first-order chi connectivity index (χ1) is 14.3. The number of rotatable bonds is 5. The molecule has 0 aliphatic rings. The summed E-state index contributed by atoms with van der Waals surface area (Å²) in [6.45, 7) is 1.60. The molecule has 3 rings (SSSR count). The summed E-state index contributed by atoms with van der Waals surface area (Å²) in [5.41, 5.74) is 3.60. The maximum absolute atomic E-state index is 12.3. The maximum Gasteiger partial charge on any atom is 0.573 e. The number of anilines is 1. The molecule has 0 saturated heterocycles. The molecular weight excluding hydrogens is 399 g/mol. The molecule has 1 aromatic heterocycles. The molecule has 0 aliphatic heterocycles. The number of nitrogens with one attached hydrogen (secondary N) is 2. The highest BCUT2D eigenvalue weighted by atomic mass is 19.4. The fourth-order valence-corrected chi connectivity index (χ4v) is 2.59. The number of hydrazone groups is 1. The molecule has 2 N–H and O–H groups in total. The number of H-pyrrole nitrogens is 1. The third-order valence-electron chi connectivity index (χ3n) is 3.93. The Morgan fingerprint density at radius 3 is 2.60 bits per heavy atom. The lowest BCUT2D eigenvalue weighted by molar-refractivity contribution is -0.274. The summed E-state index contributed by atoms with van der Waals surface area (Å²) in [7, 11) is 0. The molecule has 10 heteroatoms. The average molecular weight is 413 g/mol. The molecule has 0 amide bonds. The van der Waals surface area contributed by atoms with Crippen molar-refractivity contribution in [2.45, 2.75) is 13.3 Å². The predicted octanol–water partition coefficient (Wildman–Crippen LogP) is 3.96. The van der Waals surface area contributed by atoms with Crippen LogP contribution in [0.3, 0.4) is 0 Å². The van der Waals surface area contributed by atoms with Crippen molar-refractivity contribution in [1.29, 1.82) is 5.26 Å². The van der Waals surface area contributed by atoms with E-state index >= 15 is 0 Å². The van der Waals surface area contributed by atoms with E-state index in [1.165, 1.54) is 18.3 Å². The normalized spacial score (nSPS) is 11.3. The lowest BCUT2D eigenvalue weighted by Crippen LogP contribution is -2.17. The van der Waals surface area contributed by atoms with Crippen LogP contribution in [0.2, 0.25) is 0 Å². The summed E-state index contributed by atoms with van der Waals surface area (Å²) < 4.78 is 40.7. The molecule has 0 spiro atoms. The Bertz CT molecular complexity index is 1180. The molecule has 0 aliphatic carbocycles. The fourth-order valence-electron chi connectivity index (χ4n) is 2.59. The van der Waals surface area contributed by atoms with Gasteiger partial charge in [0.05, 0.1) is 11.9 Å². The summed E-state index contributed by atoms with van der Waals surface area (Å²) in [4.78, 5) is 18.8. The summed E-state index contributed by atoms with van der Waals surface area (Å²) in [6.07, 6.45) is -3.42. The molecule has 0 unspecified atom stereocenters. The first kappa shape index (κ1) is 20.6. The van der Waals surface area contributed by atoms with Crippen LogP contribution in [-0.2, 0) is 0 Å². The third-order valence-corrected chi connectivity index (χ3v) is 3.93. The fraction of sp³-hybridized carbons (Fsp3) is 0.100. The van der Waals surface area contributed by atoms with Crippen LogP contribution in [0.4, 0.5) is 19.1 Å². The minimum absolute atomic E-state index is 0.00350. The van der Waals surface area contributed by atoms with Crippen LogP contribution in [0.15, 0.2) is 58.4 Å². The number of nitrogens with zero attached hydrogens (tertiary/aromatic N) is 3. The number of ether oxygens (including phenoxy) is 1. The number of aromatic amines is 1. The van der Waals surface area contributed by atoms with Crippen molar-refractivity contribution in [3.05, 3.63) is 75.6 Å². The smallest absolute Gasteiger partial charge is 0.406 e. The van der Waals surface area contributed by atoms with Crippen molar-refractivity contribution in [3.8, 4) is 23.1 Å². The van der Waals surface area contributed by atoms with E-state index in [1.54, 1.807) is 37.3 Å². The Balaban J connectivity index is 1.83. The van der Waals surface area contributed by atoms with Gasteiger partial charge < -0.3 is 4.74 Å². The van der Waals surface area contributed by atoms with Gasteiger partial charge in [0.25, 0.3) is 5.56 Å². The molecule has 7 nitrogen and oxygen atoms in total. The van der Waals surface area contributed by atoms with Crippen LogP contribution < -0.4 is 15.7 Å². The van der Waals surface area contributed by atoms with Gasteiger partial charge in [-0.3, -0.25) is 9.78 Å². The summed E-state index contributed by atoms with van der Waals surface area (Å²) >= 11 is 0. The highest BCUT2D eigenvalue weighted by Crippen LogP contribution is 2.24. The summed E-state index contributed by atoms with van der Waals surface area (Å²) in [5.74, 6) is -0.334. The van der Waals surface area contributed by atoms with Crippen molar-refractivity contribution in [2.75, 3.05) is 5.43 Å². The van der Waals surface area contributed by atoms with Gasteiger partial charge in [-0.05, 0) is 36.2 Å². The molecule has 30 heavy (non-hydrogen) atoms. The number of hydrogen-bond donors (Lipinski definition) is 2. The number of hydrogen-bond acceptors (Lipinski definition) is 6. The van der Waals surface area contributed by atoms with E-state index in [1.807, 2.05) is 6.07 Å². The van der Waals surface area contributed by atoms with Crippen LogP contribution in [-0.4, -0.2) is 22.5 Å². The third kappa shape index (κ3) is 5.02. The zero-order valence-corrected chi connectivity index (χ0v) is 15.5. The van der Waals surface area contributed by atoms with Gasteiger partial charge in [0.15, 0.2) is 0 Å². The van der Waals surface area contributed by atoms with Crippen molar-refractivity contribution >= 4 is 12.2 Å². The van der Waals surface area contributed by atoms with Gasteiger partial charge in [-0.15, -0.1) is 13.2 Å². The molecule has 0 bridgehead atoms. The quantitative estimate of drug-likeness (QED) is 0.487. The van der Waals surface area contributed by atoms with Crippen molar-refractivity contribution in [1.82, 2.24) is 9.97 Å². The number of alkyl halides is 3. The van der Waals surface area contributed by atoms with E-state index in [0.29, 0.717) is 16.7 Å². The first-order valence-electron chi connectivity index (χ1n) is 8.52. The standard InChI is InChI=1S/C20H14F3N5O2/c1-12-9-15(30-20(21,22)23)8-7-14(12)11-25-28-19-26-17(13-5-3-2-4-6-13)16(10-24)18(29)27-19/h2-9,11H,1H3,(H2,26,27,28,29). The van der Waals surface area contributed by atoms with E-state index in [9.17, 15) is 23.2 Å². The number of benzene rings is 2. The van der Waals surface area contributed by atoms with Gasteiger partial charge in [-0.2, -0.15) is 10.4 Å². The zero-order valence-electron chi connectivity index (χ0n) is 15.5. The predicted molar refractivity (Wildman–Crippen MR) is 104 cm³/mol. The lowest BCUT2D eigenvalue weighted by atomic mass is 10.1. The van der Waals surface area contributed by atoms with Gasteiger partial charge in [0.2, 0.25) is 5.95 Å². The van der Waals surface area contributed by atoms with Gasteiger partial charge in [-0.25, -0.2) is 10.4 Å². The Kier molecular flexibility index (Phi) is 5.83. The van der Waals surface area contributed by atoms with Crippen LogP contribution in [0, 0.1) is 18.3 Å². The monoisotopic (exact) mass is 413 g/mol. The number of halogens is 3. The van der Waals surface area contributed by atoms with Gasteiger partial charge in [0.1, 0.15) is 17.4 Å². The Morgan fingerprint density at radius 2 is 1.97 bits per heavy atom. The molecule has 0 saturated carbocycles. The van der Waals surface area contributed by atoms with Crippen LogP contribution >= 0.6 is 0 Å². The SMILES string of the molecule is Cc1cc(OC(F)(F)F)ccc1C=NNc1nc(-c2ccccc2)c(C#N)c(=O)[nH]1. The molecule has 3 aromatic rings. The number of nitriles is 1. The lowest BCUT2D eigenvalue weighted by Gasteiger charge is -2.10. The largest absolute Gasteiger partial charge is 0.573 e. The van der Waals surface area contributed by atoms with Gasteiger partial charge in [-0.1, -0.05) is 30.3 Å². The Hall–Kier alpha value is -4.13. The van der Waals surface area contributed by atoms with Crippen LogP contribution in [0.5, 0.6) is 5.75 Å². The minimum Gasteiger partial charge on any atom is -0.406 e. The van der Waals surface area contributed by atoms with E-state index in [2.05, 4.69) is 25.2 Å². The van der Waals surface area contributed by atoms with Gasteiger partial charge in [0, 0.05) is 5.56 Å². The van der Waals surface area contributed by atoms with Crippen molar-refractivity contribution in [3.63, 3.8) is 0 Å². The zero-order chi connectivity index (χ0) is 21.7. The molecule has 0 radical (unpaired) electrons. The number of aromatic nitrogens is 2. The van der Waals surface area contributed by atoms with Crippen LogP contribution in [0.1, 0.15) is 16.7 Å². The van der Waals surface area contributed by atoms with Crippen molar-refractivity contribution in [2.24, 2.45) is 5.10 Å². The van der Waals surface area contributed by atoms with E-state index in [-0.39, 0.29) is 23.0 Å². The second kappa shape index (κ2) is 8.48. The molecule has 2 aromatic carbocycles. The maximum atomic E-state index is 12.3. The topological polar surface area (TPSA) is 103 Å². The second-order valence-electron chi connectivity index (χ2n) is 6.05. The first-order valence-corrected chi connectivity index (χ1v) is 8.52. The second-order valence-corrected chi connectivity index (χ2v) is 6.05. The van der Waals surface area contributed by atoms with E-state index in [4.69, 9.17) is 0 Å². The molecule has 0 atom stereocenters.